The summed E-state index contributed by atoms with van der Waals surface area (Å²) in [5.41, 5.74) is 1.76. The van der Waals surface area contributed by atoms with Gasteiger partial charge >= 0.3 is 0 Å². The third-order valence-electron chi connectivity index (χ3n) is 2.69. The van der Waals surface area contributed by atoms with Crippen molar-refractivity contribution >= 4 is 0 Å². The van der Waals surface area contributed by atoms with Crippen molar-refractivity contribution < 1.29 is 4.73 Å². The first-order valence-corrected chi connectivity index (χ1v) is 5.74. The van der Waals surface area contributed by atoms with Crippen LogP contribution in [0.5, 0.6) is 0 Å². The van der Waals surface area contributed by atoms with Crippen molar-refractivity contribution in [2.75, 3.05) is 0 Å². The summed E-state index contributed by atoms with van der Waals surface area (Å²) in [6, 6.07) is 8.60. The molecule has 3 aromatic rings. The number of pyridine rings is 2. The maximum atomic E-state index is 11.0. The predicted octanol–water partition coefficient (Wildman–Crippen LogP) is 1.04. The molecule has 7 heteroatoms. The number of nitriles is 1. The van der Waals surface area contributed by atoms with E-state index in [0.717, 1.165) is 5.56 Å². The number of H-pyrrole nitrogens is 1. The van der Waals surface area contributed by atoms with Gasteiger partial charge in [0, 0.05) is 29.5 Å². The largest absolute Gasteiger partial charge is 0.619 e. The number of aromatic amines is 1. The van der Waals surface area contributed by atoms with Gasteiger partial charge in [0.05, 0.1) is 0 Å². The fraction of sp³-hybridized carbons (Fsp3) is 0. The van der Waals surface area contributed by atoms with Crippen LogP contribution >= 0.6 is 0 Å². The van der Waals surface area contributed by atoms with E-state index in [1.165, 1.54) is 18.6 Å². The van der Waals surface area contributed by atoms with E-state index in [9.17, 15) is 5.21 Å². The Labute approximate surface area is 113 Å². The van der Waals surface area contributed by atoms with Gasteiger partial charge in [-0.15, -0.1) is 0 Å². The van der Waals surface area contributed by atoms with Gasteiger partial charge in [-0.2, -0.15) is 15.1 Å². The minimum Gasteiger partial charge on any atom is -0.619 e. The zero-order valence-corrected chi connectivity index (χ0v) is 10.2. The Morgan fingerprint density at radius 2 is 2.00 bits per heavy atom. The van der Waals surface area contributed by atoms with Crippen LogP contribution in [0.1, 0.15) is 5.69 Å². The molecule has 0 spiro atoms. The van der Waals surface area contributed by atoms with Crippen molar-refractivity contribution in [2.45, 2.75) is 0 Å². The number of hydrogen-bond acceptors (Lipinski definition) is 5. The van der Waals surface area contributed by atoms with Gasteiger partial charge in [-0.25, -0.2) is 9.97 Å². The van der Waals surface area contributed by atoms with Gasteiger partial charge in [0.15, 0.2) is 24.0 Å². The SMILES string of the molecule is N#Cc1cc(-c2n[nH]c(-c3cc[n+]([O-])cc3)n2)ccn1. The summed E-state index contributed by atoms with van der Waals surface area (Å²) in [5.74, 6) is 1.02. The summed E-state index contributed by atoms with van der Waals surface area (Å²) < 4.78 is 0.697. The normalized spacial score (nSPS) is 10.2. The quantitative estimate of drug-likeness (QED) is 0.550. The van der Waals surface area contributed by atoms with Crippen LogP contribution in [0.15, 0.2) is 42.9 Å². The van der Waals surface area contributed by atoms with Crippen LogP contribution in [-0.4, -0.2) is 20.2 Å². The number of nitrogens with one attached hydrogen (secondary N) is 1. The lowest BCUT2D eigenvalue weighted by Crippen LogP contribution is -2.23. The Hall–Kier alpha value is -3.27. The highest BCUT2D eigenvalue weighted by Gasteiger charge is 2.09. The molecule has 0 aliphatic heterocycles. The van der Waals surface area contributed by atoms with Crippen LogP contribution in [0.2, 0.25) is 0 Å². The first kappa shape index (κ1) is 11.8. The van der Waals surface area contributed by atoms with Gasteiger partial charge in [-0.1, -0.05) is 0 Å². The smallest absolute Gasteiger partial charge is 0.181 e. The molecule has 20 heavy (non-hydrogen) atoms. The molecule has 0 aliphatic carbocycles. The van der Waals surface area contributed by atoms with Gasteiger partial charge in [-0.05, 0) is 12.1 Å². The zero-order valence-electron chi connectivity index (χ0n) is 10.2. The third kappa shape index (κ3) is 2.18. The Morgan fingerprint density at radius 1 is 1.20 bits per heavy atom. The van der Waals surface area contributed by atoms with Crippen LogP contribution in [0.3, 0.4) is 0 Å². The molecule has 1 N–H and O–H groups in total. The Balaban J connectivity index is 1.97. The van der Waals surface area contributed by atoms with Crippen molar-refractivity contribution in [1.29, 1.82) is 5.26 Å². The van der Waals surface area contributed by atoms with Gasteiger partial charge in [-0.3, -0.25) is 5.10 Å². The molecular weight excluding hydrogens is 256 g/mol. The van der Waals surface area contributed by atoms with E-state index in [1.54, 1.807) is 24.3 Å². The predicted molar refractivity (Wildman–Crippen MR) is 68.7 cm³/mol. The third-order valence-corrected chi connectivity index (χ3v) is 2.69. The van der Waals surface area contributed by atoms with Crippen molar-refractivity contribution in [1.82, 2.24) is 20.2 Å². The lowest BCUT2D eigenvalue weighted by Gasteiger charge is -1.96. The van der Waals surface area contributed by atoms with E-state index < -0.39 is 0 Å². The lowest BCUT2D eigenvalue weighted by molar-refractivity contribution is -0.605. The number of aromatic nitrogens is 5. The average Bonchev–Trinajstić information content (AvgIpc) is 2.98. The highest BCUT2D eigenvalue weighted by Crippen LogP contribution is 2.19. The van der Waals surface area contributed by atoms with Crippen LogP contribution in [-0.2, 0) is 0 Å². The minimum atomic E-state index is 0.306. The molecule has 0 radical (unpaired) electrons. The number of hydrogen-bond donors (Lipinski definition) is 1. The number of nitrogens with zero attached hydrogens (tertiary/aromatic N) is 5. The van der Waals surface area contributed by atoms with Gasteiger partial charge in [0.2, 0.25) is 0 Å². The van der Waals surface area contributed by atoms with E-state index in [0.29, 0.717) is 27.6 Å². The first-order valence-electron chi connectivity index (χ1n) is 5.74. The maximum absolute atomic E-state index is 11.0. The standard InChI is InChI=1S/C13H8N6O/c14-8-11-7-10(1-4-15-11)13-16-12(17-18-13)9-2-5-19(20)6-3-9/h1-7H,(H,16,17,18). The molecule has 0 aromatic carbocycles. The summed E-state index contributed by atoms with van der Waals surface area (Å²) in [5, 5.41) is 26.7. The summed E-state index contributed by atoms with van der Waals surface area (Å²) in [6.07, 6.45) is 4.31. The van der Waals surface area contributed by atoms with Crippen molar-refractivity contribution in [2.24, 2.45) is 0 Å². The summed E-state index contributed by atoms with van der Waals surface area (Å²) in [4.78, 5) is 8.23. The fourth-order valence-corrected chi connectivity index (χ4v) is 1.72. The Morgan fingerprint density at radius 3 is 2.75 bits per heavy atom. The molecule has 0 saturated heterocycles. The summed E-state index contributed by atoms with van der Waals surface area (Å²) in [6.45, 7) is 0. The molecule has 0 bridgehead atoms. The fourth-order valence-electron chi connectivity index (χ4n) is 1.72. The second kappa shape index (κ2) is 4.78. The van der Waals surface area contributed by atoms with E-state index in [2.05, 4.69) is 20.2 Å². The van der Waals surface area contributed by atoms with E-state index in [-0.39, 0.29) is 0 Å². The molecule has 0 saturated carbocycles. The Bertz CT molecular complexity index is 787. The summed E-state index contributed by atoms with van der Waals surface area (Å²) in [7, 11) is 0. The van der Waals surface area contributed by atoms with E-state index in [1.807, 2.05) is 6.07 Å². The second-order valence-corrected chi connectivity index (χ2v) is 4.00. The van der Waals surface area contributed by atoms with Crippen LogP contribution in [0.25, 0.3) is 22.8 Å². The molecule has 3 aromatic heterocycles. The maximum Gasteiger partial charge on any atom is 0.181 e. The molecule has 3 heterocycles. The molecule has 0 atom stereocenters. The van der Waals surface area contributed by atoms with Crippen LogP contribution < -0.4 is 4.73 Å². The molecule has 96 valence electrons. The highest BCUT2D eigenvalue weighted by atomic mass is 16.5. The molecular formula is C13H8N6O. The molecule has 3 rings (SSSR count). The van der Waals surface area contributed by atoms with Crippen molar-refractivity contribution in [3.8, 4) is 28.8 Å². The second-order valence-electron chi connectivity index (χ2n) is 4.00. The Kier molecular flexibility index (Phi) is 2.82. The average molecular weight is 264 g/mol. The van der Waals surface area contributed by atoms with Gasteiger partial charge in [0.25, 0.3) is 0 Å². The zero-order chi connectivity index (χ0) is 13.9. The van der Waals surface area contributed by atoms with E-state index >= 15 is 0 Å². The van der Waals surface area contributed by atoms with Gasteiger partial charge < -0.3 is 5.21 Å². The van der Waals surface area contributed by atoms with E-state index in [4.69, 9.17) is 5.26 Å². The molecule has 0 aliphatic rings. The first-order chi connectivity index (χ1) is 9.76. The van der Waals surface area contributed by atoms with Crippen LogP contribution in [0.4, 0.5) is 0 Å². The van der Waals surface area contributed by atoms with Crippen molar-refractivity contribution in [3.05, 3.63) is 53.8 Å². The minimum absolute atomic E-state index is 0.306. The van der Waals surface area contributed by atoms with Crippen LogP contribution in [0, 0.1) is 16.5 Å². The van der Waals surface area contributed by atoms with Crippen molar-refractivity contribution in [3.63, 3.8) is 0 Å². The monoisotopic (exact) mass is 264 g/mol. The van der Waals surface area contributed by atoms with Gasteiger partial charge in [0.1, 0.15) is 11.8 Å². The summed E-state index contributed by atoms with van der Waals surface area (Å²) >= 11 is 0. The topological polar surface area (TPSA) is 105 Å². The number of rotatable bonds is 2. The molecule has 0 amide bonds. The molecule has 7 nitrogen and oxygen atoms in total. The molecule has 0 unspecified atom stereocenters. The lowest BCUT2D eigenvalue weighted by atomic mass is 10.2. The highest BCUT2D eigenvalue weighted by molar-refractivity contribution is 5.61. The molecule has 0 fully saturated rings.